The molecule has 2 aromatic rings. The van der Waals surface area contributed by atoms with Crippen LogP contribution >= 0.6 is 35.0 Å². The molecule has 0 unspecified atom stereocenters. The Labute approximate surface area is 136 Å². The van der Waals surface area contributed by atoms with Crippen molar-refractivity contribution in [2.45, 2.75) is 4.90 Å². The Morgan fingerprint density at radius 3 is 2.62 bits per heavy atom. The molecule has 2 rings (SSSR count). The number of halogens is 3. The Hall–Kier alpha value is -1.23. The highest BCUT2D eigenvalue weighted by Gasteiger charge is 2.14. The Morgan fingerprint density at radius 1 is 1.19 bits per heavy atom. The molecule has 0 aliphatic carbocycles. The van der Waals surface area contributed by atoms with Gasteiger partial charge in [0.15, 0.2) is 5.78 Å². The molecule has 0 fully saturated rings. The molecule has 0 atom stereocenters. The van der Waals surface area contributed by atoms with Crippen LogP contribution in [0.15, 0.2) is 41.3 Å². The minimum atomic E-state index is -0.473. The van der Waals surface area contributed by atoms with Crippen molar-refractivity contribution < 1.29 is 13.9 Å². The summed E-state index contributed by atoms with van der Waals surface area (Å²) in [6.07, 6.45) is 0. The van der Waals surface area contributed by atoms with Crippen molar-refractivity contribution in [1.82, 2.24) is 0 Å². The van der Waals surface area contributed by atoms with Crippen LogP contribution in [0.2, 0.25) is 10.0 Å². The first-order valence-corrected chi connectivity index (χ1v) is 7.70. The van der Waals surface area contributed by atoms with Gasteiger partial charge in [-0.1, -0.05) is 23.2 Å². The molecule has 0 saturated carbocycles. The maximum atomic E-state index is 13.3. The van der Waals surface area contributed by atoms with E-state index in [1.807, 2.05) is 0 Å². The lowest BCUT2D eigenvalue weighted by Crippen LogP contribution is -2.05. The minimum Gasteiger partial charge on any atom is -0.496 e. The third-order valence-electron chi connectivity index (χ3n) is 2.72. The summed E-state index contributed by atoms with van der Waals surface area (Å²) >= 11 is 13.0. The lowest BCUT2D eigenvalue weighted by atomic mass is 10.1. The third-order valence-corrected chi connectivity index (χ3v) is 4.46. The lowest BCUT2D eigenvalue weighted by molar-refractivity contribution is 0.101. The molecule has 0 saturated heterocycles. The number of rotatable bonds is 5. The van der Waals surface area contributed by atoms with E-state index in [4.69, 9.17) is 27.9 Å². The number of hydrogen-bond donors (Lipinski definition) is 0. The number of ketones is 1. The Bertz CT molecular complexity index is 677. The van der Waals surface area contributed by atoms with Gasteiger partial charge in [0.2, 0.25) is 0 Å². The fourth-order valence-electron chi connectivity index (χ4n) is 1.69. The normalized spacial score (nSPS) is 10.5. The van der Waals surface area contributed by atoms with E-state index in [0.717, 1.165) is 4.90 Å². The highest BCUT2D eigenvalue weighted by molar-refractivity contribution is 8.00. The van der Waals surface area contributed by atoms with Gasteiger partial charge in [0.25, 0.3) is 0 Å². The summed E-state index contributed by atoms with van der Waals surface area (Å²) in [6.45, 7) is 0. The molecule has 0 aliphatic rings. The zero-order chi connectivity index (χ0) is 15.4. The standard InChI is InChI=1S/C15H11Cl2FO2S/c1-20-15-5-2-9(18)6-11(15)14(19)8-21-10-3-4-12(16)13(17)7-10/h2-7H,8H2,1H3. The van der Waals surface area contributed by atoms with Crippen LogP contribution in [0.25, 0.3) is 0 Å². The average Bonchev–Trinajstić information content (AvgIpc) is 2.48. The second-order valence-corrected chi connectivity index (χ2v) is 6.00. The Morgan fingerprint density at radius 2 is 1.95 bits per heavy atom. The van der Waals surface area contributed by atoms with Gasteiger partial charge in [-0.3, -0.25) is 4.79 Å². The first-order valence-electron chi connectivity index (χ1n) is 5.96. The number of ether oxygens (including phenoxy) is 1. The number of carbonyl (C=O) groups excluding carboxylic acids is 1. The van der Waals surface area contributed by atoms with Gasteiger partial charge in [-0.05, 0) is 36.4 Å². The summed E-state index contributed by atoms with van der Waals surface area (Å²) in [5, 5.41) is 0.886. The topological polar surface area (TPSA) is 26.3 Å². The van der Waals surface area contributed by atoms with Crippen LogP contribution in [-0.2, 0) is 0 Å². The molecule has 0 N–H and O–H groups in total. The molecule has 6 heteroatoms. The molecular formula is C15H11Cl2FO2S. The predicted octanol–water partition coefficient (Wildman–Crippen LogP) is 5.12. The maximum Gasteiger partial charge on any atom is 0.176 e. The van der Waals surface area contributed by atoms with Crippen LogP contribution in [-0.4, -0.2) is 18.6 Å². The molecule has 2 nitrogen and oxygen atoms in total. The monoisotopic (exact) mass is 344 g/mol. The van der Waals surface area contributed by atoms with Gasteiger partial charge in [0, 0.05) is 4.90 Å². The Balaban J connectivity index is 2.11. The van der Waals surface area contributed by atoms with Gasteiger partial charge in [0.05, 0.1) is 28.5 Å². The van der Waals surface area contributed by atoms with E-state index in [2.05, 4.69) is 0 Å². The van der Waals surface area contributed by atoms with Crippen LogP contribution < -0.4 is 4.74 Å². The molecular weight excluding hydrogens is 334 g/mol. The molecule has 0 amide bonds. The molecule has 21 heavy (non-hydrogen) atoms. The smallest absolute Gasteiger partial charge is 0.176 e. The van der Waals surface area contributed by atoms with E-state index in [1.54, 1.807) is 18.2 Å². The zero-order valence-electron chi connectivity index (χ0n) is 11.0. The van der Waals surface area contributed by atoms with Gasteiger partial charge >= 0.3 is 0 Å². The fourth-order valence-corrected chi connectivity index (χ4v) is 2.87. The van der Waals surface area contributed by atoms with Crippen LogP contribution in [0.5, 0.6) is 5.75 Å². The van der Waals surface area contributed by atoms with Crippen molar-refractivity contribution in [2.24, 2.45) is 0 Å². The lowest BCUT2D eigenvalue weighted by Gasteiger charge is -2.08. The van der Waals surface area contributed by atoms with Crippen molar-refractivity contribution in [3.63, 3.8) is 0 Å². The van der Waals surface area contributed by atoms with Crippen molar-refractivity contribution in [3.05, 3.63) is 57.8 Å². The van der Waals surface area contributed by atoms with Crippen molar-refractivity contribution >= 4 is 40.7 Å². The van der Waals surface area contributed by atoms with Crippen molar-refractivity contribution in [3.8, 4) is 5.75 Å². The van der Waals surface area contributed by atoms with E-state index >= 15 is 0 Å². The highest BCUT2D eigenvalue weighted by atomic mass is 35.5. The largest absolute Gasteiger partial charge is 0.496 e. The predicted molar refractivity (Wildman–Crippen MR) is 84.5 cm³/mol. The molecule has 0 aliphatic heterocycles. The average molecular weight is 345 g/mol. The minimum absolute atomic E-state index is 0.151. The SMILES string of the molecule is COc1ccc(F)cc1C(=O)CSc1ccc(Cl)c(Cl)c1. The second kappa shape index (κ2) is 7.16. The number of methoxy groups -OCH3 is 1. The van der Waals surface area contributed by atoms with E-state index < -0.39 is 5.82 Å². The fraction of sp³-hybridized carbons (Fsp3) is 0.133. The van der Waals surface area contributed by atoms with Crippen LogP contribution in [0.1, 0.15) is 10.4 Å². The zero-order valence-corrected chi connectivity index (χ0v) is 13.4. The molecule has 0 heterocycles. The first kappa shape index (κ1) is 16.1. The first-order chi connectivity index (χ1) is 10.0. The van der Waals surface area contributed by atoms with Gasteiger partial charge in [-0.2, -0.15) is 0 Å². The van der Waals surface area contributed by atoms with E-state index in [1.165, 1.54) is 37.1 Å². The summed E-state index contributed by atoms with van der Waals surface area (Å²) in [6, 6.07) is 8.99. The molecule has 0 aromatic heterocycles. The van der Waals surface area contributed by atoms with Gasteiger partial charge in [0.1, 0.15) is 11.6 Å². The van der Waals surface area contributed by atoms with Crippen molar-refractivity contribution in [2.75, 3.05) is 12.9 Å². The summed E-state index contributed by atoms with van der Waals surface area (Å²) < 4.78 is 18.3. The molecule has 0 bridgehead atoms. The second-order valence-electron chi connectivity index (χ2n) is 4.13. The van der Waals surface area contributed by atoms with Crippen molar-refractivity contribution in [1.29, 1.82) is 0 Å². The van der Waals surface area contributed by atoms with Crippen LogP contribution in [0.4, 0.5) is 4.39 Å². The van der Waals surface area contributed by atoms with Crippen LogP contribution in [0.3, 0.4) is 0 Å². The summed E-state index contributed by atoms with van der Waals surface area (Å²) in [7, 11) is 1.44. The summed E-state index contributed by atoms with van der Waals surface area (Å²) in [5.41, 5.74) is 0.227. The number of hydrogen-bond acceptors (Lipinski definition) is 3. The number of Topliss-reactive ketones (excluding diaryl/α,β-unsaturated/α-hetero) is 1. The van der Waals surface area contributed by atoms with Gasteiger partial charge in [-0.25, -0.2) is 4.39 Å². The summed E-state index contributed by atoms with van der Waals surface area (Å²) in [4.78, 5) is 13.0. The number of benzene rings is 2. The van der Waals surface area contributed by atoms with E-state index in [-0.39, 0.29) is 17.1 Å². The molecule has 2 aromatic carbocycles. The molecule has 0 spiro atoms. The van der Waals surface area contributed by atoms with E-state index in [9.17, 15) is 9.18 Å². The molecule has 0 radical (unpaired) electrons. The Kier molecular flexibility index (Phi) is 5.51. The third kappa shape index (κ3) is 4.13. The molecule has 110 valence electrons. The van der Waals surface area contributed by atoms with E-state index in [0.29, 0.717) is 15.8 Å². The van der Waals surface area contributed by atoms with Gasteiger partial charge < -0.3 is 4.74 Å². The quantitative estimate of drug-likeness (QED) is 0.556. The summed E-state index contributed by atoms with van der Waals surface area (Å²) in [5.74, 6) is -0.185. The van der Waals surface area contributed by atoms with Crippen LogP contribution in [0, 0.1) is 5.82 Å². The number of thioether (sulfide) groups is 1. The van der Waals surface area contributed by atoms with Gasteiger partial charge in [-0.15, -0.1) is 11.8 Å². The maximum absolute atomic E-state index is 13.3. The number of carbonyl (C=O) groups is 1. The highest BCUT2D eigenvalue weighted by Crippen LogP contribution is 2.29.